The molecule has 2 heterocycles. The number of aromatic amines is 1. The maximum Gasteiger partial charge on any atom is 0.354 e. The molecule has 0 radical (unpaired) electrons. The fourth-order valence-corrected chi connectivity index (χ4v) is 2.30. The zero-order chi connectivity index (χ0) is 17.8. The maximum atomic E-state index is 12.5. The van der Waals surface area contributed by atoms with E-state index in [2.05, 4.69) is 15.3 Å². The summed E-state index contributed by atoms with van der Waals surface area (Å²) in [5.74, 6) is -0.526. The molecule has 0 aliphatic rings. The Labute approximate surface area is 144 Å². The minimum atomic E-state index is -0.482. The van der Waals surface area contributed by atoms with Crippen molar-refractivity contribution < 1.29 is 18.7 Å². The highest BCUT2D eigenvalue weighted by Gasteiger charge is 2.19. The smallest absolute Gasteiger partial charge is 0.354 e. The van der Waals surface area contributed by atoms with Gasteiger partial charge in [0.05, 0.1) is 12.3 Å². The molecular formula is C18H17N3O4. The summed E-state index contributed by atoms with van der Waals surface area (Å²) in [4.78, 5) is 30.9. The average molecular weight is 339 g/mol. The van der Waals surface area contributed by atoms with Gasteiger partial charge in [-0.15, -0.1) is 0 Å². The topological polar surface area (TPSA) is 97.2 Å². The predicted octanol–water partition coefficient (Wildman–Crippen LogP) is 3.41. The Balaban J connectivity index is 1.78. The first-order chi connectivity index (χ1) is 12.1. The van der Waals surface area contributed by atoms with Crippen molar-refractivity contribution in [3.05, 3.63) is 59.9 Å². The molecule has 1 aromatic carbocycles. The molecule has 7 heteroatoms. The first-order valence-corrected chi connectivity index (χ1v) is 7.76. The number of ether oxygens (including phenoxy) is 1. The first kappa shape index (κ1) is 16.5. The standard InChI is InChI=1S/C18H17N3O4/c1-3-24-18(23)14-8-13(9-19-14)21-17(22)15-16(25-10-20-15)12-6-4-11(2)5-7-12/h4-10,19H,3H2,1-2H3,(H,21,22). The Bertz CT molecular complexity index is 893. The number of anilines is 1. The van der Waals surface area contributed by atoms with Crippen LogP contribution in [0.1, 0.15) is 33.5 Å². The molecule has 0 saturated carbocycles. The number of amides is 1. The number of nitrogens with one attached hydrogen (secondary N) is 2. The molecule has 7 nitrogen and oxygen atoms in total. The lowest BCUT2D eigenvalue weighted by Crippen LogP contribution is -2.13. The molecule has 128 valence electrons. The van der Waals surface area contributed by atoms with Gasteiger partial charge in [0, 0.05) is 11.8 Å². The van der Waals surface area contributed by atoms with E-state index in [4.69, 9.17) is 9.15 Å². The van der Waals surface area contributed by atoms with Gasteiger partial charge in [-0.2, -0.15) is 0 Å². The van der Waals surface area contributed by atoms with Crippen LogP contribution < -0.4 is 5.32 Å². The van der Waals surface area contributed by atoms with Gasteiger partial charge in [-0.1, -0.05) is 29.8 Å². The Kier molecular flexibility index (Phi) is 4.65. The molecule has 0 atom stereocenters. The van der Waals surface area contributed by atoms with Gasteiger partial charge in [0.1, 0.15) is 5.69 Å². The predicted molar refractivity (Wildman–Crippen MR) is 91.4 cm³/mol. The van der Waals surface area contributed by atoms with E-state index in [0.29, 0.717) is 11.4 Å². The number of rotatable bonds is 5. The fraction of sp³-hybridized carbons (Fsp3) is 0.167. The fourth-order valence-electron chi connectivity index (χ4n) is 2.30. The van der Waals surface area contributed by atoms with Crippen molar-refractivity contribution in [2.75, 3.05) is 11.9 Å². The van der Waals surface area contributed by atoms with Crippen LogP contribution in [0.3, 0.4) is 0 Å². The average Bonchev–Trinajstić information content (AvgIpc) is 3.25. The van der Waals surface area contributed by atoms with Crippen molar-refractivity contribution in [3.8, 4) is 11.3 Å². The van der Waals surface area contributed by atoms with Gasteiger partial charge >= 0.3 is 5.97 Å². The van der Waals surface area contributed by atoms with Crippen LogP contribution >= 0.6 is 0 Å². The third-order valence-electron chi connectivity index (χ3n) is 3.53. The summed E-state index contributed by atoms with van der Waals surface area (Å²) in [5.41, 5.74) is 2.73. The van der Waals surface area contributed by atoms with Crippen LogP contribution in [0.2, 0.25) is 0 Å². The molecule has 25 heavy (non-hydrogen) atoms. The van der Waals surface area contributed by atoms with Crippen molar-refractivity contribution in [3.63, 3.8) is 0 Å². The molecule has 0 unspecified atom stereocenters. The van der Waals surface area contributed by atoms with Crippen LogP contribution in [0.4, 0.5) is 5.69 Å². The second-order valence-electron chi connectivity index (χ2n) is 5.37. The van der Waals surface area contributed by atoms with Crippen LogP contribution in [0.25, 0.3) is 11.3 Å². The van der Waals surface area contributed by atoms with E-state index in [0.717, 1.165) is 11.1 Å². The van der Waals surface area contributed by atoms with Crippen molar-refractivity contribution in [2.24, 2.45) is 0 Å². The lowest BCUT2D eigenvalue weighted by molar-refractivity contribution is 0.0520. The van der Waals surface area contributed by atoms with Crippen LogP contribution in [0, 0.1) is 6.92 Å². The lowest BCUT2D eigenvalue weighted by Gasteiger charge is -2.03. The molecule has 2 aromatic heterocycles. The SMILES string of the molecule is CCOC(=O)c1cc(NC(=O)c2ncoc2-c2ccc(C)cc2)c[nH]1. The van der Waals surface area contributed by atoms with E-state index < -0.39 is 11.9 Å². The third kappa shape index (κ3) is 3.60. The third-order valence-corrected chi connectivity index (χ3v) is 3.53. The summed E-state index contributed by atoms with van der Waals surface area (Å²) in [6, 6.07) is 9.08. The second-order valence-corrected chi connectivity index (χ2v) is 5.37. The van der Waals surface area contributed by atoms with E-state index in [1.54, 1.807) is 6.92 Å². The summed E-state index contributed by atoms with van der Waals surface area (Å²) in [5, 5.41) is 2.68. The Morgan fingerprint density at radius 1 is 1.28 bits per heavy atom. The number of nitrogens with zero attached hydrogens (tertiary/aromatic N) is 1. The highest BCUT2D eigenvalue weighted by molar-refractivity contribution is 6.06. The van der Waals surface area contributed by atoms with Gasteiger partial charge in [0.2, 0.25) is 0 Å². The van der Waals surface area contributed by atoms with E-state index in [9.17, 15) is 9.59 Å². The number of hydrogen-bond donors (Lipinski definition) is 2. The van der Waals surface area contributed by atoms with E-state index in [1.807, 2.05) is 31.2 Å². The zero-order valence-corrected chi connectivity index (χ0v) is 13.8. The lowest BCUT2D eigenvalue weighted by atomic mass is 10.1. The highest BCUT2D eigenvalue weighted by Crippen LogP contribution is 2.24. The van der Waals surface area contributed by atoms with Crippen molar-refractivity contribution in [2.45, 2.75) is 13.8 Å². The van der Waals surface area contributed by atoms with Crippen LogP contribution in [-0.2, 0) is 4.74 Å². The molecule has 3 aromatic rings. The number of esters is 1. The minimum Gasteiger partial charge on any atom is -0.461 e. The largest absolute Gasteiger partial charge is 0.461 e. The monoisotopic (exact) mass is 339 g/mol. The molecular weight excluding hydrogens is 322 g/mol. The van der Waals surface area contributed by atoms with Gasteiger partial charge in [-0.05, 0) is 19.9 Å². The molecule has 0 aliphatic heterocycles. The van der Waals surface area contributed by atoms with Crippen LogP contribution in [0.15, 0.2) is 47.3 Å². The highest BCUT2D eigenvalue weighted by atomic mass is 16.5. The van der Waals surface area contributed by atoms with E-state index in [1.165, 1.54) is 18.7 Å². The summed E-state index contributed by atoms with van der Waals surface area (Å²) in [7, 11) is 0. The molecule has 0 bridgehead atoms. The number of H-pyrrole nitrogens is 1. The molecule has 0 saturated heterocycles. The quantitative estimate of drug-likeness (QED) is 0.694. The number of aryl methyl sites for hydroxylation is 1. The zero-order valence-electron chi connectivity index (χ0n) is 13.8. The molecule has 0 spiro atoms. The van der Waals surface area contributed by atoms with Crippen molar-refractivity contribution in [1.29, 1.82) is 0 Å². The van der Waals surface area contributed by atoms with Gasteiger partial charge in [0.25, 0.3) is 5.91 Å². The number of carbonyl (C=O) groups excluding carboxylic acids is 2. The minimum absolute atomic E-state index is 0.169. The maximum absolute atomic E-state index is 12.5. The molecule has 3 rings (SSSR count). The molecule has 0 fully saturated rings. The Hall–Kier alpha value is -3.35. The Morgan fingerprint density at radius 2 is 2.04 bits per heavy atom. The van der Waals surface area contributed by atoms with Gasteiger partial charge < -0.3 is 19.5 Å². The summed E-state index contributed by atoms with van der Waals surface area (Å²) >= 11 is 0. The summed E-state index contributed by atoms with van der Waals surface area (Å²) in [6.45, 7) is 3.98. The second kappa shape index (κ2) is 7.04. The number of benzene rings is 1. The Morgan fingerprint density at radius 3 is 2.76 bits per heavy atom. The normalized spacial score (nSPS) is 10.5. The summed E-state index contributed by atoms with van der Waals surface area (Å²) in [6.07, 6.45) is 2.74. The van der Waals surface area contributed by atoms with Crippen molar-refractivity contribution >= 4 is 17.6 Å². The van der Waals surface area contributed by atoms with Gasteiger partial charge in [0.15, 0.2) is 17.8 Å². The van der Waals surface area contributed by atoms with Gasteiger partial charge in [-0.3, -0.25) is 4.79 Å². The number of aromatic nitrogens is 2. The molecule has 1 amide bonds. The molecule has 2 N–H and O–H groups in total. The van der Waals surface area contributed by atoms with Gasteiger partial charge in [-0.25, -0.2) is 9.78 Å². The number of carbonyl (C=O) groups is 2. The van der Waals surface area contributed by atoms with Crippen LogP contribution in [-0.4, -0.2) is 28.5 Å². The number of oxazole rings is 1. The number of hydrogen-bond acceptors (Lipinski definition) is 5. The molecule has 0 aliphatic carbocycles. The van der Waals surface area contributed by atoms with Crippen molar-refractivity contribution in [1.82, 2.24) is 9.97 Å². The van der Waals surface area contributed by atoms with Crippen LogP contribution in [0.5, 0.6) is 0 Å². The summed E-state index contributed by atoms with van der Waals surface area (Å²) < 4.78 is 10.3. The van der Waals surface area contributed by atoms with E-state index in [-0.39, 0.29) is 18.0 Å². The van der Waals surface area contributed by atoms with E-state index >= 15 is 0 Å². The first-order valence-electron chi connectivity index (χ1n) is 7.76.